The maximum atomic E-state index is 13.5. The number of aromatic amines is 2. The standard InChI is InChI=1S/C15H13FN4.C7H5FO.C7H7N5/c16-13-6-2-1-4-11(13)7-8-14-18-15(20-19-14)12-5-3-9-17-10-12;8-7-4-2-1-3-6(7)5-9;8-7-10-6(11-12-7)5-2-1-3-9-4-5/h1-6,9-10H,7-8H2,(H,18,19,20);1-5H;1-4H,(H3,8,10,11,12). The molecule has 0 aliphatic carbocycles. The maximum absolute atomic E-state index is 13.5. The Labute approximate surface area is 233 Å². The first-order valence-electron chi connectivity index (χ1n) is 12.4. The first-order chi connectivity index (χ1) is 20.0. The van der Waals surface area contributed by atoms with Crippen molar-refractivity contribution in [3.8, 4) is 22.8 Å². The molecule has 2 aromatic carbocycles. The summed E-state index contributed by atoms with van der Waals surface area (Å²) in [7, 11) is 0. The molecule has 4 heterocycles. The van der Waals surface area contributed by atoms with E-state index in [9.17, 15) is 13.6 Å². The Hall–Kier alpha value is -5.65. The summed E-state index contributed by atoms with van der Waals surface area (Å²) in [6.45, 7) is 0. The van der Waals surface area contributed by atoms with Crippen molar-refractivity contribution < 1.29 is 13.6 Å². The van der Waals surface area contributed by atoms with Crippen LogP contribution in [0.4, 0.5) is 14.7 Å². The number of hydrogen-bond acceptors (Lipinski definition) is 8. The van der Waals surface area contributed by atoms with E-state index in [0.717, 1.165) is 17.0 Å². The fourth-order valence-electron chi connectivity index (χ4n) is 3.46. The Bertz CT molecular complexity index is 1660. The van der Waals surface area contributed by atoms with Gasteiger partial charge in [-0.3, -0.25) is 25.0 Å². The summed E-state index contributed by atoms with van der Waals surface area (Å²) in [4.78, 5) is 26.3. The fraction of sp³-hybridized carbons (Fsp3) is 0.0690. The average Bonchev–Trinajstić information content (AvgIpc) is 3.68. The number of aromatic nitrogens is 8. The molecule has 0 radical (unpaired) electrons. The number of carbonyl (C=O) groups excluding carboxylic acids is 1. The van der Waals surface area contributed by atoms with Gasteiger partial charge in [0, 0.05) is 42.3 Å². The topological polar surface area (TPSA) is 152 Å². The number of nitrogen functional groups attached to an aromatic ring is 1. The van der Waals surface area contributed by atoms with Gasteiger partial charge in [0.2, 0.25) is 5.95 Å². The quantitative estimate of drug-likeness (QED) is 0.247. The van der Waals surface area contributed by atoms with Gasteiger partial charge in [0.25, 0.3) is 0 Å². The molecule has 0 aliphatic rings. The minimum absolute atomic E-state index is 0.109. The molecule has 0 unspecified atom stereocenters. The van der Waals surface area contributed by atoms with E-state index in [-0.39, 0.29) is 17.3 Å². The van der Waals surface area contributed by atoms with E-state index >= 15 is 0 Å². The van der Waals surface area contributed by atoms with E-state index in [1.54, 1.807) is 49.1 Å². The fourth-order valence-corrected chi connectivity index (χ4v) is 3.46. The largest absolute Gasteiger partial charge is 0.366 e. The third-order valence-corrected chi connectivity index (χ3v) is 5.51. The highest BCUT2D eigenvalue weighted by Crippen LogP contribution is 2.14. The first-order valence-corrected chi connectivity index (χ1v) is 12.4. The van der Waals surface area contributed by atoms with E-state index in [1.165, 1.54) is 18.2 Å². The van der Waals surface area contributed by atoms with Gasteiger partial charge in [-0.1, -0.05) is 30.3 Å². The van der Waals surface area contributed by atoms with Gasteiger partial charge >= 0.3 is 0 Å². The van der Waals surface area contributed by atoms with Gasteiger partial charge in [-0.2, -0.15) is 10.1 Å². The van der Waals surface area contributed by atoms with Crippen LogP contribution in [0.5, 0.6) is 0 Å². The number of hydrogen-bond donors (Lipinski definition) is 3. The lowest BCUT2D eigenvalue weighted by Gasteiger charge is -2.00. The first kappa shape index (κ1) is 28.4. The molecule has 12 heteroatoms. The average molecular weight is 554 g/mol. The van der Waals surface area contributed by atoms with Crippen molar-refractivity contribution in [3.63, 3.8) is 0 Å². The highest BCUT2D eigenvalue weighted by Gasteiger charge is 2.07. The zero-order valence-corrected chi connectivity index (χ0v) is 21.7. The van der Waals surface area contributed by atoms with Crippen LogP contribution in [0.1, 0.15) is 21.7 Å². The molecule has 4 N–H and O–H groups in total. The van der Waals surface area contributed by atoms with Crippen molar-refractivity contribution in [1.82, 2.24) is 40.3 Å². The summed E-state index contributed by atoms with van der Waals surface area (Å²) in [5.74, 6) is 1.59. The third kappa shape index (κ3) is 8.42. The number of rotatable bonds is 6. The molecule has 0 bridgehead atoms. The molecule has 0 saturated carbocycles. The predicted molar refractivity (Wildman–Crippen MR) is 149 cm³/mol. The Kier molecular flexibility index (Phi) is 10.0. The lowest BCUT2D eigenvalue weighted by molar-refractivity contribution is 0.112. The van der Waals surface area contributed by atoms with Gasteiger partial charge < -0.3 is 5.73 Å². The second-order valence-corrected chi connectivity index (χ2v) is 8.36. The van der Waals surface area contributed by atoms with E-state index in [2.05, 4.69) is 40.3 Å². The summed E-state index contributed by atoms with van der Waals surface area (Å²) in [6, 6.07) is 20.1. The summed E-state index contributed by atoms with van der Waals surface area (Å²) in [5.41, 5.74) is 7.88. The zero-order chi connectivity index (χ0) is 28.9. The van der Waals surface area contributed by atoms with Gasteiger partial charge in [0.05, 0.1) is 5.56 Å². The number of anilines is 1. The van der Waals surface area contributed by atoms with Crippen LogP contribution in [0, 0.1) is 11.6 Å². The van der Waals surface area contributed by atoms with Crippen molar-refractivity contribution in [2.45, 2.75) is 12.8 Å². The van der Waals surface area contributed by atoms with Crippen LogP contribution in [-0.2, 0) is 12.8 Å². The minimum Gasteiger partial charge on any atom is -0.366 e. The van der Waals surface area contributed by atoms with Gasteiger partial charge in [-0.15, -0.1) is 5.10 Å². The lowest BCUT2D eigenvalue weighted by Crippen LogP contribution is -1.96. The molecule has 4 aromatic heterocycles. The third-order valence-electron chi connectivity index (χ3n) is 5.51. The van der Waals surface area contributed by atoms with E-state index in [1.807, 2.05) is 30.3 Å². The number of aryl methyl sites for hydroxylation is 2. The highest BCUT2D eigenvalue weighted by molar-refractivity contribution is 5.74. The number of pyridine rings is 2. The summed E-state index contributed by atoms with van der Waals surface area (Å²) >= 11 is 0. The molecule has 0 saturated heterocycles. The number of aldehydes is 1. The molecule has 41 heavy (non-hydrogen) atoms. The summed E-state index contributed by atoms with van der Waals surface area (Å²) < 4.78 is 25.9. The Morgan fingerprint density at radius 3 is 2.00 bits per heavy atom. The molecule has 6 rings (SSSR count). The monoisotopic (exact) mass is 553 g/mol. The smallest absolute Gasteiger partial charge is 0.239 e. The Morgan fingerprint density at radius 1 is 0.732 bits per heavy atom. The van der Waals surface area contributed by atoms with Crippen LogP contribution >= 0.6 is 0 Å². The normalized spacial score (nSPS) is 10.1. The number of H-pyrrole nitrogens is 2. The van der Waals surface area contributed by atoms with Gasteiger partial charge in [0.1, 0.15) is 17.5 Å². The Balaban J connectivity index is 0.000000156. The van der Waals surface area contributed by atoms with Crippen molar-refractivity contribution in [2.24, 2.45) is 0 Å². The lowest BCUT2D eigenvalue weighted by atomic mass is 10.1. The SMILES string of the molecule is Fc1ccccc1CCc1nc(-c2cccnc2)n[nH]1.Nc1n[nH]c(-c2cccnc2)n1.O=Cc1ccccc1F. The predicted octanol–water partition coefficient (Wildman–Crippen LogP) is 4.88. The number of benzene rings is 2. The molecule has 0 amide bonds. The highest BCUT2D eigenvalue weighted by atomic mass is 19.1. The number of nitrogens with zero attached hydrogens (tertiary/aromatic N) is 6. The Morgan fingerprint density at radius 2 is 1.41 bits per heavy atom. The summed E-state index contributed by atoms with van der Waals surface area (Å²) in [6.07, 6.45) is 8.51. The van der Waals surface area contributed by atoms with E-state index in [0.29, 0.717) is 36.3 Å². The summed E-state index contributed by atoms with van der Waals surface area (Å²) in [5, 5.41) is 13.4. The number of nitrogens with two attached hydrogens (primary N) is 1. The van der Waals surface area contributed by atoms with Crippen LogP contribution < -0.4 is 5.73 Å². The van der Waals surface area contributed by atoms with Crippen LogP contribution in [-0.4, -0.2) is 46.6 Å². The molecular formula is C29H25F2N9O. The molecular weight excluding hydrogens is 528 g/mol. The molecule has 206 valence electrons. The number of nitrogens with one attached hydrogen (secondary N) is 2. The second kappa shape index (κ2) is 14.5. The van der Waals surface area contributed by atoms with Crippen molar-refractivity contribution >= 4 is 12.2 Å². The van der Waals surface area contributed by atoms with Gasteiger partial charge in [-0.05, 0) is 54.4 Å². The molecule has 0 atom stereocenters. The maximum Gasteiger partial charge on any atom is 0.239 e. The van der Waals surface area contributed by atoms with E-state index < -0.39 is 5.82 Å². The van der Waals surface area contributed by atoms with Crippen LogP contribution in [0.2, 0.25) is 0 Å². The van der Waals surface area contributed by atoms with Crippen LogP contribution in [0.25, 0.3) is 22.8 Å². The van der Waals surface area contributed by atoms with Crippen LogP contribution in [0.3, 0.4) is 0 Å². The number of carbonyl (C=O) groups is 1. The zero-order valence-electron chi connectivity index (χ0n) is 21.7. The van der Waals surface area contributed by atoms with Crippen molar-refractivity contribution in [1.29, 1.82) is 0 Å². The molecule has 0 fully saturated rings. The van der Waals surface area contributed by atoms with Crippen molar-refractivity contribution in [3.05, 3.63) is 126 Å². The van der Waals surface area contributed by atoms with Gasteiger partial charge in [-0.25, -0.2) is 13.8 Å². The van der Waals surface area contributed by atoms with E-state index in [4.69, 9.17) is 5.73 Å². The molecule has 6 aromatic rings. The minimum atomic E-state index is -0.465. The molecule has 0 spiro atoms. The van der Waals surface area contributed by atoms with Gasteiger partial charge in [0.15, 0.2) is 17.9 Å². The molecule has 10 nitrogen and oxygen atoms in total. The number of halogens is 2. The van der Waals surface area contributed by atoms with Crippen molar-refractivity contribution in [2.75, 3.05) is 5.73 Å². The second-order valence-electron chi connectivity index (χ2n) is 8.36. The van der Waals surface area contributed by atoms with Crippen LogP contribution in [0.15, 0.2) is 97.6 Å². The molecule has 0 aliphatic heterocycles.